The lowest BCUT2D eigenvalue weighted by Crippen LogP contribution is -2.41. The Balaban J connectivity index is 1.23. The number of nitrogens with zero attached hydrogens (tertiary/aromatic N) is 2. The minimum absolute atomic E-state index is 0.00176. The molecule has 2 aliphatic heterocycles. The number of benzene rings is 1. The smallest absolute Gasteiger partial charge is 0.251 e. The summed E-state index contributed by atoms with van der Waals surface area (Å²) in [7, 11) is 0. The third kappa shape index (κ3) is 3.15. The van der Waals surface area contributed by atoms with Crippen LogP contribution >= 0.6 is 0 Å². The lowest BCUT2D eigenvalue weighted by Gasteiger charge is -2.34. The summed E-state index contributed by atoms with van der Waals surface area (Å²) in [5, 5.41) is 3.03. The van der Waals surface area contributed by atoms with Crippen LogP contribution in [0.1, 0.15) is 50.8 Å². The van der Waals surface area contributed by atoms with Gasteiger partial charge in [-0.25, -0.2) is 0 Å². The van der Waals surface area contributed by atoms with Crippen LogP contribution in [0.25, 0.3) is 0 Å². The summed E-state index contributed by atoms with van der Waals surface area (Å²) in [5.74, 6) is 1.04. The predicted molar refractivity (Wildman–Crippen MR) is 107 cm³/mol. The Bertz CT molecular complexity index is 885. The van der Waals surface area contributed by atoms with Gasteiger partial charge < -0.3 is 19.4 Å². The number of hydrogen-bond acceptors (Lipinski definition) is 4. The third-order valence-electron chi connectivity index (χ3n) is 6.25. The van der Waals surface area contributed by atoms with Gasteiger partial charge in [-0.15, -0.1) is 0 Å². The highest BCUT2D eigenvalue weighted by molar-refractivity contribution is 5.92. The fourth-order valence-electron chi connectivity index (χ4n) is 4.69. The first-order chi connectivity index (χ1) is 13.6. The second kappa shape index (κ2) is 6.85. The van der Waals surface area contributed by atoms with Gasteiger partial charge in [0.05, 0.1) is 6.54 Å². The molecule has 1 spiro atoms. The first-order valence-corrected chi connectivity index (χ1v) is 10.3. The van der Waals surface area contributed by atoms with E-state index >= 15 is 0 Å². The van der Waals surface area contributed by atoms with Gasteiger partial charge in [-0.1, -0.05) is 6.42 Å². The van der Waals surface area contributed by atoms with Crippen molar-refractivity contribution in [2.45, 2.75) is 57.4 Å². The van der Waals surface area contributed by atoms with E-state index in [-0.39, 0.29) is 11.9 Å². The molecule has 3 heterocycles. The fourth-order valence-corrected chi connectivity index (χ4v) is 4.69. The van der Waals surface area contributed by atoms with E-state index in [2.05, 4.69) is 40.0 Å². The van der Waals surface area contributed by atoms with Gasteiger partial charge in [-0.05, 0) is 44.0 Å². The van der Waals surface area contributed by atoms with Crippen LogP contribution in [0.4, 0.5) is 5.69 Å². The van der Waals surface area contributed by atoms with Gasteiger partial charge in [0.25, 0.3) is 5.79 Å². The van der Waals surface area contributed by atoms with Crippen LogP contribution < -0.4 is 14.8 Å². The third-order valence-corrected chi connectivity index (χ3v) is 6.25. The number of amides is 1. The molecular formula is C22H27N3O3. The van der Waals surface area contributed by atoms with Crippen molar-refractivity contribution in [1.82, 2.24) is 9.47 Å². The number of aromatic nitrogens is 1. The Morgan fingerprint density at radius 1 is 1.14 bits per heavy atom. The van der Waals surface area contributed by atoms with E-state index in [4.69, 9.17) is 9.47 Å². The number of fused-ring (bicyclic) bond motifs is 2. The van der Waals surface area contributed by atoms with E-state index < -0.39 is 5.79 Å². The lowest BCUT2D eigenvalue weighted by atomic mass is 9.94. The van der Waals surface area contributed by atoms with Crippen molar-refractivity contribution in [3.63, 3.8) is 0 Å². The van der Waals surface area contributed by atoms with E-state index in [0.717, 1.165) is 56.0 Å². The van der Waals surface area contributed by atoms with E-state index in [0.29, 0.717) is 6.54 Å². The van der Waals surface area contributed by atoms with Crippen molar-refractivity contribution in [2.75, 3.05) is 18.4 Å². The molecule has 1 atom stereocenters. The Kier molecular flexibility index (Phi) is 4.31. The molecule has 1 N–H and O–H groups in total. The molecule has 0 bridgehead atoms. The van der Waals surface area contributed by atoms with Gasteiger partial charge in [-0.3, -0.25) is 9.69 Å². The summed E-state index contributed by atoms with van der Waals surface area (Å²) in [6.07, 6.45) is 7.47. The van der Waals surface area contributed by atoms with Crippen molar-refractivity contribution in [3.05, 3.63) is 42.2 Å². The molecule has 6 nitrogen and oxygen atoms in total. The standard InChI is InChI=1S/C22H27N3O3/c1-16-18-6-5-11-24(18)12-13-25(16)15-21(26)23-17-7-8-19-20(14-17)28-22(27-19)9-3-2-4-10-22/h5-8,11,14,16H,2-4,9-10,12-13,15H2,1H3,(H,23,26)/t16-/m1/s1. The first kappa shape index (κ1) is 17.6. The van der Waals surface area contributed by atoms with Crippen LogP contribution in [0.3, 0.4) is 0 Å². The van der Waals surface area contributed by atoms with Crippen molar-refractivity contribution in [1.29, 1.82) is 0 Å². The number of carbonyl (C=O) groups excluding carboxylic acids is 1. The lowest BCUT2D eigenvalue weighted by molar-refractivity contribution is -0.118. The Labute approximate surface area is 165 Å². The van der Waals surface area contributed by atoms with Gasteiger partial charge >= 0.3 is 0 Å². The van der Waals surface area contributed by atoms with Gasteiger partial charge in [0.2, 0.25) is 5.91 Å². The number of rotatable bonds is 3. The van der Waals surface area contributed by atoms with Crippen LogP contribution in [-0.2, 0) is 11.3 Å². The minimum Gasteiger partial charge on any atom is -0.448 e. The molecule has 2 aromatic rings. The molecule has 148 valence electrons. The summed E-state index contributed by atoms with van der Waals surface area (Å²) >= 11 is 0. The minimum atomic E-state index is -0.485. The van der Waals surface area contributed by atoms with E-state index in [1.54, 1.807) is 0 Å². The zero-order valence-corrected chi connectivity index (χ0v) is 16.3. The fraction of sp³-hybridized carbons (Fsp3) is 0.500. The second-order valence-corrected chi connectivity index (χ2v) is 8.16. The van der Waals surface area contributed by atoms with E-state index in [1.165, 1.54) is 12.1 Å². The molecule has 3 aliphatic rings. The molecule has 1 saturated carbocycles. The summed E-state index contributed by atoms with van der Waals surface area (Å²) in [4.78, 5) is 14.9. The van der Waals surface area contributed by atoms with E-state index in [9.17, 15) is 4.79 Å². The predicted octanol–water partition coefficient (Wildman–Crippen LogP) is 3.94. The van der Waals surface area contributed by atoms with Crippen molar-refractivity contribution >= 4 is 11.6 Å². The molecule has 6 heteroatoms. The number of anilines is 1. The van der Waals surface area contributed by atoms with Crippen LogP contribution in [0, 0.1) is 0 Å². The molecule has 28 heavy (non-hydrogen) atoms. The average molecular weight is 381 g/mol. The highest BCUT2D eigenvalue weighted by Gasteiger charge is 2.42. The van der Waals surface area contributed by atoms with E-state index in [1.807, 2.05) is 18.2 Å². The molecule has 1 aliphatic carbocycles. The highest BCUT2D eigenvalue weighted by atomic mass is 16.7. The SMILES string of the molecule is C[C@@H]1c2cccn2CCN1CC(=O)Nc1ccc2c(c1)OC1(CCCCC1)O2. The van der Waals surface area contributed by atoms with Crippen LogP contribution in [0.2, 0.25) is 0 Å². The molecule has 1 aromatic carbocycles. The molecular weight excluding hydrogens is 354 g/mol. The maximum absolute atomic E-state index is 12.6. The number of ether oxygens (including phenoxy) is 2. The molecule has 1 fully saturated rings. The molecule has 0 saturated heterocycles. The molecule has 1 aromatic heterocycles. The van der Waals surface area contributed by atoms with Gasteiger partial charge in [0.15, 0.2) is 11.5 Å². The largest absolute Gasteiger partial charge is 0.448 e. The number of hydrogen-bond donors (Lipinski definition) is 1. The molecule has 1 amide bonds. The Morgan fingerprint density at radius 3 is 2.82 bits per heavy atom. The number of carbonyl (C=O) groups is 1. The van der Waals surface area contributed by atoms with Gasteiger partial charge in [-0.2, -0.15) is 0 Å². The Morgan fingerprint density at radius 2 is 1.96 bits per heavy atom. The molecule has 5 rings (SSSR count). The zero-order valence-electron chi connectivity index (χ0n) is 16.3. The van der Waals surface area contributed by atoms with Crippen molar-refractivity contribution in [2.24, 2.45) is 0 Å². The maximum atomic E-state index is 12.6. The van der Waals surface area contributed by atoms with Crippen LogP contribution in [0.15, 0.2) is 36.5 Å². The summed E-state index contributed by atoms with van der Waals surface area (Å²) < 4.78 is 14.5. The average Bonchev–Trinajstić information content (AvgIpc) is 3.29. The molecule has 0 radical (unpaired) electrons. The monoisotopic (exact) mass is 381 g/mol. The Hall–Kier alpha value is -2.47. The zero-order chi connectivity index (χ0) is 19.1. The van der Waals surface area contributed by atoms with Crippen LogP contribution in [-0.4, -0.2) is 34.3 Å². The summed E-state index contributed by atoms with van der Waals surface area (Å²) in [6, 6.07) is 10.1. The number of nitrogens with one attached hydrogen (secondary N) is 1. The quantitative estimate of drug-likeness (QED) is 0.875. The summed E-state index contributed by atoms with van der Waals surface area (Å²) in [6.45, 7) is 4.33. The first-order valence-electron chi connectivity index (χ1n) is 10.3. The maximum Gasteiger partial charge on any atom is 0.251 e. The second-order valence-electron chi connectivity index (χ2n) is 8.16. The van der Waals surface area contributed by atoms with Gasteiger partial charge in [0, 0.05) is 55.6 Å². The highest BCUT2D eigenvalue weighted by Crippen LogP contribution is 2.46. The normalized spacial score (nSPS) is 22.8. The topological polar surface area (TPSA) is 55.7 Å². The van der Waals surface area contributed by atoms with Crippen molar-refractivity contribution in [3.8, 4) is 11.5 Å². The van der Waals surface area contributed by atoms with Crippen molar-refractivity contribution < 1.29 is 14.3 Å². The van der Waals surface area contributed by atoms with Crippen LogP contribution in [0.5, 0.6) is 11.5 Å². The van der Waals surface area contributed by atoms with Gasteiger partial charge in [0.1, 0.15) is 0 Å². The molecule has 0 unspecified atom stereocenters. The summed E-state index contributed by atoms with van der Waals surface area (Å²) in [5.41, 5.74) is 2.02.